The summed E-state index contributed by atoms with van der Waals surface area (Å²) in [7, 11) is 1.71. The molecule has 1 N–H and O–H groups in total. The molecule has 1 aliphatic carbocycles. The number of thiophene rings is 1. The minimum Gasteiger partial charge on any atom is -0.325 e. The minimum absolute atomic E-state index is 0.0212. The van der Waals surface area contributed by atoms with Crippen LogP contribution in [0.3, 0.4) is 0 Å². The molecular weight excluding hydrogens is 390 g/mol. The number of anilines is 1. The van der Waals surface area contributed by atoms with Gasteiger partial charge in [-0.1, -0.05) is 29.4 Å². The average molecular weight is 406 g/mol. The number of hydrogen-bond donors (Lipinski definition) is 1. The highest BCUT2D eigenvalue weighted by atomic mass is 35.5. The number of fused-ring (bicyclic) bond motifs is 3. The van der Waals surface area contributed by atoms with Crippen molar-refractivity contribution in [3.8, 4) is 0 Å². The third-order valence-electron chi connectivity index (χ3n) is 4.35. The first kappa shape index (κ1) is 17.6. The predicted molar refractivity (Wildman–Crippen MR) is 108 cm³/mol. The van der Waals surface area contributed by atoms with Crippen molar-refractivity contribution in [1.29, 1.82) is 0 Å². The largest absolute Gasteiger partial charge is 0.325 e. The van der Waals surface area contributed by atoms with Crippen molar-refractivity contribution in [2.24, 2.45) is 7.05 Å². The summed E-state index contributed by atoms with van der Waals surface area (Å²) in [6, 6.07) is 7.00. The van der Waals surface area contributed by atoms with Crippen LogP contribution in [0.4, 0.5) is 5.69 Å². The molecule has 1 aliphatic rings. The number of nitrogens with one attached hydrogen (secondary N) is 1. The number of amides is 1. The number of nitrogens with zero attached hydrogens (tertiary/aromatic N) is 2. The van der Waals surface area contributed by atoms with E-state index in [2.05, 4.69) is 10.3 Å². The van der Waals surface area contributed by atoms with Crippen LogP contribution < -0.4 is 10.9 Å². The van der Waals surface area contributed by atoms with Gasteiger partial charge in [-0.3, -0.25) is 14.2 Å². The Kier molecular flexibility index (Phi) is 4.77. The highest BCUT2D eigenvalue weighted by Crippen LogP contribution is 2.35. The first-order chi connectivity index (χ1) is 12.5. The van der Waals surface area contributed by atoms with Gasteiger partial charge in [-0.2, -0.15) is 0 Å². The van der Waals surface area contributed by atoms with E-state index >= 15 is 0 Å². The Morgan fingerprint density at radius 1 is 1.42 bits per heavy atom. The molecule has 0 atom stereocenters. The summed E-state index contributed by atoms with van der Waals surface area (Å²) in [5.74, 6) is 0.00363. The molecule has 0 bridgehead atoms. The summed E-state index contributed by atoms with van der Waals surface area (Å²) in [4.78, 5) is 31.6. The van der Waals surface area contributed by atoms with E-state index in [0.717, 1.165) is 29.5 Å². The monoisotopic (exact) mass is 405 g/mol. The Balaban J connectivity index is 1.53. The summed E-state index contributed by atoms with van der Waals surface area (Å²) in [5, 5.41) is 4.69. The molecule has 8 heteroatoms. The first-order valence-corrected chi connectivity index (χ1v) is 10.4. The van der Waals surface area contributed by atoms with Crippen LogP contribution in [0.2, 0.25) is 5.02 Å². The van der Waals surface area contributed by atoms with Crippen molar-refractivity contribution in [3.63, 3.8) is 0 Å². The lowest BCUT2D eigenvalue weighted by atomic mass is 10.2. The zero-order valence-corrected chi connectivity index (χ0v) is 16.4. The fraction of sp³-hybridized carbons (Fsp3) is 0.278. The smallest absolute Gasteiger partial charge is 0.262 e. The maximum absolute atomic E-state index is 12.7. The van der Waals surface area contributed by atoms with Crippen LogP contribution in [0.15, 0.2) is 34.2 Å². The van der Waals surface area contributed by atoms with Crippen molar-refractivity contribution in [2.45, 2.75) is 24.4 Å². The third-order valence-corrected chi connectivity index (χ3v) is 6.80. The molecule has 2 aromatic heterocycles. The van der Waals surface area contributed by atoms with Gasteiger partial charge in [-0.05, 0) is 43.0 Å². The molecule has 0 saturated carbocycles. The van der Waals surface area contributed by atoms with Crippen LogP contribution in [0, 0.1) is 0 Å². The lowest BCUT2D eigenvalue weighted by Gasteiger charge is -2.08. The molecule has 0 unspecified atom stereocenters. The summed E-state index contributed by atoms with van der Waals surface area (Å²) < 4.78 is 1.55. The van der Waals surface area contributed by atoms with E-state index < -0.39 is 0 Å². The summed E-state index contributed by atoms with van der Waals surface area (Å²) in [5.41, 5.74) is 1.80. The van der Waals surface area contributed by atoms with Gasteiger partial charge in [-0.25, -0.2) is 4.98 Å². The molecule has 134 valence electrons. The molecule has 0 radical (unpaired) electrons. The standard InChI is InChI=1S/C18H16ClN3O2S2/c1-22-17(24)15-12-6-3-7-13(12)26-16(15)21-18(22)25-9-14(23)20-11-5-2-4-10(19)8-11/h2,4-5,8H,3,6-7,9H2,1H3,(H,20,23). The van der Waals surface area contributed by atoms with E-state index in [4.69, 9.17) is 11.6 Å². The van der Waals surface area contributed by atoms with Gasteiger partial charge in [-0.15, -0.1) is 11.3 Å². The number of hydrogen-bond acceptors (Lipinski definition) is 5. The number of halogens is 1. The van der Waals surface area contributed by atoms with Crippen molar-refractivity contribution < 1.29 is 4.79 Å². The van der Waals surface area contributed by atoms with Crippen molar-refractivity contribution in [3.05, 3.63) is 50.1 Å². The maximum atomic E-state index is 12.7. The van der Waals surface area contributed by atoms with Crippen LogP contribution in [-0.2, 0) is 24.7 Å². The third kappa shape index (κ3) is 3.26. The Morgan fingerprint density at radius 3 is 3.08 bits per heavy atom. The Hall–Kier alpha value is -1.83. The number of aryl methyl sites for hydroxylation is 2. The number of thioether (sulfide) groups is 1. The van der Waals surface area contributed by atoms with Crippen molar-refractivity contribution in [2.75, 3.05) is 11.1 Å². The van der Waals surface area contributed by atoms with Crippen LogP contribution >= 0.6 is 34.7 Å². The normalized spacial score (nSPS) is 13.2. The topological polar surface area (TPSA) is 64.0 Å². The zero-order valence-electron chi connectivity index (χ0n) is 14.0. The predicted octanol–water partition coefficient (Wildman–Crippen LogP) is 3.87. The number of carbonyl (C=O) groups excluding carboxylic acids is 1. The van der Waals surface area contributed by atoms with Gasteiger partial charge in [0.05, 0.1) is 11.1 Å². The second-order valence-electron chi connectivity index (χ2n) is 6.14. The van der Waals surface area contributed by atoms with E-state index in [1.807, 2.05) is 0 Å². The summed E-state index contributed by atoms with van der Waals surface area (Å²) in [6.45, 7) is 0. The number of benzene rings is 1. The second-order valence-corrected chi connectivity index (χ2v) is 8.61. The van der Waals surface area contributed by atoms with Crippen LogP contribution in [0.1, 0.15) is 16.9 Å². The highest BCUT2D eigenvalue weighted by molar-refractivity contribution is 7.99. The van der Waals surface area contributed by atoms with Crippen LogP contribution in [-0.4, -0.2) is 21.2 Å². The fourth-order valence-corrected chi connectivity index (χ4v) is 5.39. The summed E-state index contributed by atoms with van der Waals surface area (Å²) >= 11 is 8.79. The molecule has 2 heterocycles. The van der Waals surface area contributed by atoms with Gasteiger partial charge in [0.1, 0.15) is 4.83 Å². The molecule has 1 amide bonds. The molecule has 4 rings (SSSR count). The van der Waals surface area contributed by atoms with Gasteiger partial charge in [0.15, 0.2) is 5.16 Å². The van der Waals surface area contributed by atoms with E-state index in [1.54, 1.807) is 47.2 Å². The van der Waals surface area contributed by atoms with E-state index in [1.165, 1.54) is 22.2 Å². The molecule has 0 fully saturated rings. The van der Waals surface area contributed by atoms with Gasteiger partial charge < -0.3 is 5.32 Å². The summed E-state index contributed by atoms with van der Waals surface area (Å²) in [6.07, 6.45) is 3.10. The molecule has 26 heavy (non-hydrogen) atoms. The minimum atomic E-state index is -0.166. The Labute approximate surface area is 163 Å². The maximum Gasteiger partial charge on any atom is 0.262 e. The van der Waals surface area contributed by atoms with Crippen molar-refractivity contribution >= 4 is 56.5 Å². The average Bonchev–Trinajstić information content (AvgIpc) is 3.17. The molecular formula is C18H16ClN3O2S2. The second kappa shape index (κ2) is 7.06. The lowest BCUT2D eigenvalue weighted by Crippen LogP contribution is -2.21. The molecule has 5 nitrogen and oxygen atoms in total. The van der Waals surface area contributed by atoms with Gasteiger partial charge >= 0.3 is 0 Å². The first-order valence-electron chi connectivity index (χ1n) is 8.22. The Bertz CT molecular complexity index is 1070. The Morgan fingerprint density at radius 2 is 2.27 bits per heavy atom. The van der Waals surface area contributed by atoms with Gasteiger partial charge in [0, 0.05) is 22.6 Å². The molecule has 0 saturated heterocycles. The van der Waals surface area contributed by atoms with Gasteiger partial charge in [0.25, 0.3) is 5.56 Å². The quantitative estimate of drug-likeness (QED) is 0.528. The van der Waals surface area contributed by atoms with E-state index in [9.17, 15) is 9.59 Å². The van der Waals surface area contributed by atoms with Gasteiger partial charge in [0.2, 0.25) is 5.91 Å². The lowest BCUT2D eigenvalue weighted by molar-refractivity contribution is -0.113. The molecule has 1 aromatic carbocycles. The fourth-order valence-electron chi connectivity index (χ4n) is 3.13. The molecule has 0 spiro atoms. The number of carbonyl (C=O) groups is 1. The molecule has 3 aromatic rings. The zero-order chi connectivity index (χ0) is 18.3. The van der Waals surface area contributed by atoms with Crippen LogP contribution in [0.5, 0.6) is 0 Å². The van der Waals surface area contributed by atoms with Crippen LogP contribution in [0.25, 0.3) is 10.2 Å². The SMILES string of the molecule is Cn1c(SCC(=O)Nc2cccc(Cl)c2)nc2sc3c(c2c1=O)CCC3. The van der Waals surface area contributed by atoms with Crippen molar-refractivity contribution in [1.82, 2.24) is 9.55 Å². The highest BCUT2D eigenvalue weighted by Gasteiger charge is 2.22. The number of aromatic nitrogens is 2. The van der Waals surface area contributed by atoms with E-state index in [0.29, 0.717) is 15.9 Å². The van der Waals surface area contributed by atoms with E-state index in [-0.39, 0.29) is 17.2 Å². The number of rotatable bonds is 4. The molecule has 0 aliphatic heterocycles.